The van der Waals surface area contributed by atoms with Crippen LogP contribution in [0, 0.1) is 11.8 Å². The van der Waals surface area contributed by atoms with E-state index in [2.05, 4.69) is 17.2 Å². The molecule has 0 aliphatic heterocycles. The lowest BCUT2D eigenvalue weighted by Gasteiger charge is -2.12. The average molecular weight is 403 g/mol. The van der Waals surface area contributed by atoms with Crippen molar-refractivity contribution >= 4 is 16.7 Å². The van der Waals surface area contributed by atoms with E-state index < -0.39 is 0 Å². The summed E-state index contributed by atoms with van der Waals surface area (Å²) < 4.78 is 16.9. The molecular weight excluding hydrogens is 378 g/mol. The summed E-state index contributed by atoms with van der Waals surface area (Å²) in [7, 11) is 0. The summed E-state index contributed by atoms with van der Waals surface area (Å²) in [5.41, 5.74) is 0.496. The smallest absolute Gasteiger partial charge is 0.252 e. The van der Waals surface area contributed by atoms with E-state index in [-0.39, 0.29) is 19.1 Å². The van der Waals surface area contributed by atoms with Gasteiger partial charge in [-0.05, 0) is 43.5 Å². The molecule has 0 saturated heterocycles. The lowest BCUT2D eigenvalue weighted by Crippen LogP contribution is -2.23. The molecule has 1 amide bonds. The van der Waals surface area contributed by atoms with Crippen molar-refractivity contribution in [3.63, 3.8) is 0 Å². The highest BCUT2D eigenvalue weighted by Crippen LogP contribution is 2.28. The monoisotopic (exact) mass is 403 g/mol. The lowest BCUT2D eigenvalue weighted by atomic mass is 10.1. The van der Waals surface area contributed by atoms with Crippen molar-refractivity contribution < 1.29 is 19.0 Å². The summed E-state index contributed by atoms with van der Waals surface area (Å²) in [4.78, 5) is 12.4. The molecule has 0 aromatic heterocycles. The quantitative estimate of drug-likeness (QED) is 0.565. The zero-order valence-electron chi connectivity index (χ0n) is 17.2. The largest absolute Gasteiger partial charge is 0.490 e. The molecule has 1 N–H and O–H groups in total. The minimum Gasteiger partial charge on any atom is -0.490 e. The standard InChI is InChI=1S/C25H25NO4/c1-3-28-23-15-14-20(18-24(23)29-4-2)25(27)26-16-7-8-17-30-22-13-9-11-19-10-5-6-12-21(19)22/h5-6,9-15,18H,3-4,16-17H2,1-2H3,(H,26,27). The Morgan fingerprint density at radius 3 is 2.43 bits per heavy atom. The second-order valence-electron chi connectivity index (χ2n) is 6.33. The molecular formula is C25H25NO4. The number of ether oxygens (including phenoxy) is 3. The normalized spacial score (nSPS) is 10.1. The number of carbonyl (C=O) groups is 1. The Kier molecular flexibility index (Phi) is 7.57. The van der Waals surface area contributed by atoms with E-state index in [1.807, 2.05) is 56.3 Å². The van der Waals surface area contributed by atoms with E-state index in [1.54, 1.807) is 18.2 Å². The zero-order valence-corrected chi connectivity index (χ0v) is 17.2. The lowest BCUT2D eigenvalue weighted by molar-refractivity contribution is 0.0958. The highest BCUT2D eigenvalue weighted by molar-refractivity contribution is 5.95. The molecule has 0 aliphatic rings. The molecule has 3 aromatic carbocycles. The van der Waals surface area contributed by atoms with Crippen molar-refractivity contribution in [3.05, 3.63) is 66.2 Å². The molecule has 30 heavy (non-hydrogen) atoms. The molecule has 0 saturated carbocycles. The van der Waals surface area contributed by atoms with Gasteiger partial charge in [-0.15, -0.1) is 0 Å². The Labute approximate surface area is 177 Å². The van der Waals surface area contributed by atoms with Crippen LogP contribution in [-0.2, 0) is 0 Å². The first-order valence-corrected chi connectivity index (χ1v) is 9.97. The van der Waals surface area contributed by atoms with Crippen LogP contribution in [0.25, 0.3) is 10.8 Å². The summed E-state index contributed by atoms with van der Waals surface area (Å²) >= 11 is 0. The summed E-state index contributed by atoms with van der Waals surface area (Å²) in [5.74, 6) is 7.60. The minimum absolute atomic E-state index is 0.219. The Bertz CT molecular complexity index is 1060. The fourth-order valence-corrected chi connectivity index (χ4v) is 2.97. The van der Waals surface area contributed by atoms with Gasteiger partial charge in [0.15, 0.2) is 11.5 Å². The molecule has 0 heterocycles. The van der Waals surface area contributed by atoms with Gasteiger partial charge in [0, 0.05) is 10.9 Å². The van der Waals surface area contributed by atoms with Gasteiger partial charge in [-0.2, -0.15) is 0 Å². The zero-order chi connectivity index (χ0) is 21.2. The predicted octanol–water partition coefficient (Wildman–Crippen LogP) is 4.45. The molecule has 0 aliphatic carbocycles. The molecule has 3 aromatic rings. The Morgan fingerprint density at radius 1 is 0.833 bits per heavy atom. The maximum Gasteiger partial charge on any atom is 0.252 e. The van der Waals surface area contributed by atoms with Crippen LogP contribution in [0.1, 0.15) is 24.2 Å². The summed E-state index contributed by atoms with van der Waals surface area (Å²) in [5, 5.41) is 4.96. The van der Waals surface area contributed by atoms with E-state index in [0.29, 0.717) is 30.3 Å². The maximum absolute atomic E-state index is 12.4. The number of hydrogen-bond donors (Lipinski definition) is 1. The highest BCUT2D eigenvalue weighted by Gasteiger charge is 2.10. The predicted molar refractivity (Wildman–Crippen MR) is 118 cm³/mol. The second-order valence-corrected chi connectivity index (χ2v) is 6.33. The third kappa shape index (κ3) is 5.45. The van der Waals surface area contributed by atoms with Crippen molar-refractivity contribution in [2.24, 2.45) is 0 Å². The van der Waals surface area contributed by atoms with Crippen molar-refractivity contribution in [2.45, 2.75) is 13.8 Å². The Balaban J connectivity index is 1.52. The first-order chi connectivity index (χ1) is 14.7. The van der Waals surface area contributed by atoms with E-state index in [9.17, 15) is 4.79 Å². The first kappa shape index (κ1) is 21.1. The van der Waals surface area contributed by atoms with Gasteiger partial charge in [0.1, 0.15) is 12.4 Å². The molecule has 0 radical (unpaired) electrons. The van der Waals surface area contributed by atoms with E-state index >= 15 is 0 Å². The molecule has 0 unspecified atom stereocenters. The molecule has 0 atom stereocenters. The van der Waals surface area contributed by atoms with Gasteiger partial charge in [0.25, 0.3) is 5.91 Å². The van der Waals surface area contributed by atoms with Crippen LogP contribution in [-0.4, -0.2) is 32.3 Å². The molecule has 0 spiro atoms. The molecule has 0 fully saturated rings. The van der Waals surface area contributed by atoms with Crippen molar-refractivity contribution in [3.8, 4) is 29.1 Å². The molecule has 154 valence electrons. The maximum atomic E-state index is 12.4. The number of carbonyl (C=O) groups excluding carboxylic acids is 1. The van der Waals surface area contributed by atoms with Crippen molar-refractivity contribution in [1.29, 1.82) is 0 Å². The summed E-state index contributed by atoms with van der Waals surface area (Å²) in [6.45, 7) is 5.29. The first-order valence-electron chi connectivity index (χ1n) is 9.97. The SMILES string of the molecule is CCOc1ccc(C(=O)NCC#CCOc2cccc3ccccc23)cc1OCC. The minimum atomic E-state index is -0.219. The fraction of sp³-hybridized carbons (Fsp3) is 0.240. The topological polar surface area (TPSA) is 56.8 Å². The van der Waals surface area contributed by atoms with Gasteiger partial charge >= 0.3 is 0 Å². The second kappa shape index (κ2) is 10.8. The Hall–Kier alpha value is -3.65. The van der Waals surface area contributed by atoms with Gasteiger partial charge in [-0.1, -0.05) is 48.2 Å². The van der Waals surface area contributed by atoms with Gasteiger partial charge < -0.3 is 19.5 Å². The van der Waals surface area contributed by atoms with E-state index in [1.165, 1.54) is 0 Å². The van der Waals surface area contributed by atoms with Crippen LogP contribution < -0.4 is 19.5 Å². The summed E-state index contributed by atoms with van der Waals surface area (Å²) in [6.07, 6.45) is 0. The third-order valence-electron chi connectivity index (χ3n) is 4.32. The van der Waals surface area contributed by atoms with Crippen molar-refractivity contribution in [2.75, 3.05) is 26.4 Å². The van der Waals surface area contributed by atoms with Crippen LogP contribution in [0.3, 0.4) is 0 Å². The van der Waals surface area contributed by atoms with Crippen LogP contribution in [0.5, 0.6) is 17.2 Å². The van der Waals surface area contributed by atoms with Gasteiger partial charge in [-0.25, -0.2) is 0 Å². The van der Waals surface area contributed by atoms with E-state index in [4.69, 9.17) is 14.2 Å². The molecule has 0 bridgehead atoms. The van der Waals surface area contributed by atoms with Crippen LogP contribution in [0.4, 0.5) is 0 Å². The number of nitrogens with one attached hydrogen (secondary N) is 1. The number of hydrogen-bond acceptors (Lipinski definition) is 4. The van der Waals surface area contributed by atoms with Gasteiger partial charge in [0.05, 0.1) is 19.8 Å². The number of amides is 1. The fourth-order valence-electron chi connectivity index (χ4n) is 2.97. The van der Waals surface area contributed by atoms with Crippen LogP contribution in [0.15, 0.2) is 60.7 Å². The average Bonchev–Trinajstić information content (AvgIpc) is 2.77. The molecule has 5 heteroatoms. The molecule has 3 rings (SSSR count). The van der Waals surface area contributed by atoms with E-state index in [0.717, 1.165) is 16.5 Å². The number of benzene rings is 3. The highest BCUT2D eigenvalue weighted by atomic mass is 16.5. The molecule has 5 nitrogen and oxygen atoms in total. The number of rotatable bonds is 8. The van der Waals surface area contributed by atoms with Gasteiger partial charge in [0.2, 0.25) is 0 Å². The number of fused-ring (bicyclic) bond motifs is 1. The van der Waals surface area contributed by atoms with Crippen LogP contribution in [0.2, 0.25) is 0 Å². The van der Waals surface area contributed by atoms with Crippen molar-refractivity contribution in [1.82, 2.24) is 5.32 Å². The third-order valence-corrected chi connectivity index (χ3v) is 4.32. The van der Waals surface area contributed by atoms with Gasteiger partial charge in [-0.3, -0.25) is 4.79 Å². The van der Waals surface area contributed by atoms with Crippen LogP contribution >= 0.6 is 0 Å². The Morgan fingerprint density at radius 2 is 1.60 bits per heavy atom. The summed E-state index contributed by atoms with van der Waals surface area (Å²) in [6, 6.07) is 19.1.